The lowest BCUT2D eigenvalue weighted by Crippen LogP contribution is -2.47. The first-order valence-corrected chi connectivity index (χ1v) is 7.59. The first kappa shape index (κ1) is 17.0. The molecule has 0 saturated carbocycles. The zero-order valence-corrected chi connectivity index (χ0v) is 13.7. The average Bonchev–Trinajstić information content (AvgIpc) is 2.93. The maximum Gasteiger partial charge on any atom is 0.324 e. The van der Waals surface area contributed by atoms with Crippen molar-refractivity contribution in [1.29, 1.82) is 0 Å². The van der Waals surface area contributed by atoms with Gasteiger partial charge in [0, 0.05) is 13.6 Å². The third kappa shape index (κ3) is 4.29. The van der Waals surface area contributed by atoms with E-state index in [4.69, 9.17) is 0 Å². The Balaban J connectivity index is 2.21. The Morgan fingerprint density at radius 2 is 2.04 bits per heavy atom. The highest BCUT2D eigenvalue weighted by Gasteiger charge is 2.26. The normalized spacial score (nSPS) is 12.2. The van der Waals surface area contributed by atoms with E-state index in [0.29, 0.717) is 12.5 Å². The van der Waals surface area contributed by atoms with E-state index in [1.54, 1.807) is 11.9 Å². The van der Waals surface area contributed by atoms with E-state index in [2.05, 4.69) is 15.4 Å². The fraction of sp³-hybridized carbons (Fsp3) is 0.438. The number of urea groups is 1. The number of nitrogens with one attached hydrogen (secondary N) is 1. The molecule has 2 N–H and O–H groups in total. The van der Waals surface area contributed by atoms with Crippen LogP contribution in [0.1, 0.15) is 19.4 Å². The SMILES string of the molecule is CC(C)C(CO)N(Cc1ccccc1)C(=O)Nc1ncnn1C. The highest BCUT2D eigenvalue weighted by molar-refractivity contribution is 5.87. The van der Waals surface area contributed by atoms with E-state index >= 15 is 0 Å². The summed E-state index contributed by atoms with van der Waals surface area (Å²) in [6, 6.07) is 9.10. The van der Waals surface area contributed by atoms with Crippen molar-refractivity contribution in [1.82, 2.24) is 19.7 Å². The van der Waals surface area contributed by atoms with Crippen LogP contribution >= 0.6 is 0 Å². The van der Waals surface area contributed by atoms with Crippen LogP contribution in [0, 0.1) is 5.92 Å². The van der Waals surface area contributed by atoms with E-state index in [1.807, 2.05) is 44.2 Å². The first-order valence-electron chi connectivity index (χ1n) is 7.59. The third-order valence-corrected chi connectivity index (χ3v) is 3.74. The molecule has 2 amide bonds. The van der Waals surface area contributed by atoms with Crippen LogP contribution in [0.4, 0.5) is 10.7 Å². The monoisotopic (exact) mass is 317 g/mol. The summed E-state index contributed by atoms with van der Waals surface area (Å²) in [4.78, 5) is 18.3. The van der Waals surface area contributed by atoms with E-state index in [0.717, 1.165) is 5.56 Å². The molecule has 0 radical (unpaired) electrons. The molecule has 0 aliphatic heterocycles. The molecule has 0 aliphatic rings. The van der Waals surface area contributed by atoms with Gasteiger partial charge in [0.2, 0.25) is 5.95 Å². The highest BCUT2D eigenvalue weighted by Crippen LogP contribution is 2.16. The van der Waals surface area contributed by atoms with Crippen molar-refractivity contribution in [2.75, 3.05) is 11.9 Å². The summed E-state index contributed by atoms with van der Waals surface area (Å²) in [5.74, 6) is 0.488. The fourth-order valence-electron chi connectivity index (χ4n) is 2.37. The van der Waals surface area contributed by atoms with Crippen LogP contribution in [0.3, 0.4) is 0 Å². The van der Waals surface area contributed by atoms with Crippen molar-refractivity contribution < 1.29 is 9.90 Å². The predicted molar refractivity (Wildman–Crippen MR) is 87.7 cm³/mol. The van der Waals surface area contributed by atoms with Crippen LogP contribution in [0.15, 0.2) is 36.7 Å². The number of aromatic nitrogens is 3. The van der Waals surface area contributed by atoms with Gasteiger partial charge in [-0.1, -0.05) is 44.2 Å². The molecule has 0 spiro atoms. The van der Waals surface area contributed by atoms with Crippen molar-refractivity contribution >= 4 is 12.0 Å². The molecule has 7 nitrogen and oxygen atoms in total. The van der Waals surface area contributed by atoms with Gasteiger partial charge in [-0.15, -0.1) is 0 Å². The van der Waals surface area contributed by atoms with Gasteiger partial charge in [0.1, 0.15) is 6.33 Å². The number of aliphatic hydroxyl groups is 1. The number of amides is 2. The Hall–Kier alpha value is -2.41. The second kappa shape index (κ2) is 7.73. The van der Waals surface area contributed by atoms with Gasteiger partial charge >= 0.3 is 6.03 Å². The molecule has 1 aromatic carbocycles. The first-order chi connectivity index (χ1) is 11.0. The summed E-state index contributed by atoms with van der Waals surface area (Å²) in [7, 11) is 1.70. The molecule has 1 unspecified atom stereocenters. The molecule has 1 heterocycles. The minimum Gasteiger partial charge on any atom is -0.394 e. The molecular formula is C16H23N5O2. The Kier molecular flexibility index (Phi) is 5.70. The Morgan fingerprint density at radius 1 is 1.35 bits per heavy atom. The highest BCUT2D eigenvalue weighted by atomic mass is 16.3. The number of carbonyl (C=O) groups is 1. The van der Waals surface area contributed by atoms with Crippen LogP contribution < -0.4 is 5.32 Å². The number of anilines is 1. The third-order valence-electron chi connectivity index (χ3n) is 3.74. The van der Waals surface area contributed by atoms with Gasteiger partial charge in [0.25, 0.3) is 0 Å². The minimum atomic E-state index is -0.308. The molecule has 2 rings (SSSR count). The molecular weight excluding hydrogens is 294 g/mol. The van der Waals surface area contributed by atoms with E-state index in [1.165, 1.54) is 11.0 Å². The maximum absolute atomic E-state index is 12.7. The Bertz CT molecular complexity index is 626. The molecule has 0 fully saturated rings. The van der Waals surface area contributed by atoms with Gasteiger partial charge in [0.15, 0.2) is 0 Å². The van der Waals surface area contributed by atoms with Crippen LogP contribution in [0.5, 0.6) is 0 Å². The van der Waals surface area contributed by atoms with Crippen molar-refractivity contribution in [2.45, 2.75) is 26.4 Å². The number of rotatable bonds is 6. The molecule has 7 heteroatoms. The van der Waals surface area contributed by atoms with E-state index in [-0.39, 0.29) is 24.6 Å². The lowest BCUT2D eigenvalue weighted by molar-refractivity contribution is 0.110. The predicted octanol–water partition coefficient (Wildman–Crippen LogP) is 1.87. The van der Waals surface area contributed by atoms with Crippen LogP contribution in [0.25, 0.3) is 0 Å². The summed E-state index contributed by atoms with van der Waals surface area (Å²) < 4.78 is 1.49. The average molecular weight is 317 g/mol. The van der Waals surface area contributed by atoms with Gasteiger partial charge in [-0.25, -0.2) is 9.48 Å². The zero-order chi connectivity index (χ0) is 16.8. The quantitative estimate of drug-likeness (QED) is 0.852. The number of benzene rings is 1. The van der Waals surface area contributed by atoms with Gasteiger partial charge in [-0.3, -0.25) is 5.32 Å². The summed E-state index contributed by atoms with van der Waals surface area (Å²) in [5.41, 5.74) is 1.000. The standard InChI is InChI=1S/C16H23N5O2/c1-12(2)14(10-22)21(9-13-7-5-4-6-8-13)16(23)19-15-17-11-18-20(15)3/h4-8,11-12,14,22H,9-10H2,1-3H3,(H,17,18,19,23). The summed E-state index contributed by atoms with van der Waals surface area (Å²) in [5, 5.41) is 16.4. The van der Waals surface area contributed by atoms with Gasteiger partial charge in [-0.2, -0.15) is 10.1 Å². The fourth-order valence-corrected chi connectivity index (χ4v) is 2.37. The molecule has 1 atom stereocenters. The largest absolute Gasteiger partial charge is 0.394 e. The van der Waals surface area contributed by atoms with Crippen molar-refractivity contribution in [3.05, 3.63) is 42.2 Å². The van der Waals surface area contributed by atoms with E-state index in [9.17, 15) is 9.90 Å². The zero-order valence-electron chi connectivity index (χ0n) is 13.7. The molecule has 1 aromatic heterocycles. The molecule has 124 valence electrons. The summed E-state index contributed by atoms with van der Waals surface area (Å²) in [6.45, 7) is 4.27. The van der Waals surface area contributed by atoms with Crippen LogP contribution in [-0.4, -0.2) is 43.5 Å². The number of hydrogen-bond donors (Lipinski definition) is 2. The maximum atomic E-state index is 12.7. The number of nitrogens with zero attached hydrogens (tertiary/aromatic N) is 4. The van der Waals surface area contributed by atoms with E-state index < -0.39 is 0 Å². The number of hydrogen-bond acceptors (Lipinski definition) is 4. The molecule has 0 aliphatic carbocycles. The lowest BCUT2D eigenvalue weighted by Gasteiger charge is -2.33. The second-order valence-electron chi connectivity index (χ2n) is 5.74. The molecule has 0 bridgehead atoms. The van der Waals surface area contributed by atoms with Gasteiger partial charge < -0.3 is 10.0 Å². The van der Waals surface area contributed by atoms with Gasteiger partial charge in [0.05, 0.1) is 12.6 Å². The smallest absolute Gasteiger partial charge is 0.324 e. The number of aliphatic hydroxyl groups excluding tert-OH is 1. The van der Waals surface area contributed by atoms with Crippen LogP contribution in [-0.2, 0) is 13.6 Å². The Morgan fingerprint density at radius 3 is 2.57 bits per heavy atom. The molecule has 2 aromatic rings. The lowest BCUT2D eigenvalue weighted by atomic mass is 10.0. The van der Waals surface area contributed by atoms with Crippen molar-refractivity contribution in [3.8, 4) is 0 Å². The number of carbonyl (C=O) groups excluding carboxylic acids is 1. The minimum absolute atomic E-state index is 0.100. The topological polar surface area (TPSA) is 83.3 Å². The summed E-state index contributed by atoms with van der Waals surface area (Å²) in [6.07, 6.45) is 1.38. The van der Waals surface area contributed by atoms with Gasteiger partial charge in [-0.05, 0) is 11.5 Å². The van der Waals surface area contributed by atoms with Crippen molar-refractivity contribution in [3.63, 3.8) is 0 Å². The van der Waals surface area contributed by atoms with Crippen LogP contribution in [0.2, 0.25) is 0 Å². The van der Waals surface area contributed by atoms with Crippen molar-refractivity contribution in [2.24, 2.45) is 13.0 Å². The Labute approximate surface area is 136 Å². The molecule has 23 heavy (non-hydrogen) atoms. The summed E-state index contributed by atoms with van der Waals surface area (Å²) >= 11 is 0. The second-order valence-corrected chi connectivity index (χ2v) is 5.74. The number of aryl methyl sites for hydroxylation is 1. The molecule has 0 saturated heterocycles.